The fourth-order valence-corrected chi connectivity index (χ4v) is 2.61. The van der Waals surface area contributed by atoms with E-state index in [1.165, 1.54) is 0 Å². The van der Waals surface area contributed by atoms with E-state index in [0.29, 0.717) is 71.0 Å². The maximum atomic E-state index is 9.39. The molecule has 0 radical (unpaired) electrons. The van der Waals surface area contributed by atoms with Gasteiger partial charge >= 0.3 is 0 Å². The van der Waals surface area contributed by atoms with Crippen LogP contribution in [0.25, 0.3) is 0 Å². The van der Waals surface area contributed by atoms with E-state index >= 15 is 0 Å². The molecule has 32 heavy (non-hydrogen) atoms. The molecule has 0 atom stereocenters. The highest BCUT2D eigenvalue weighted by molar-refractivity contribution is 5.42. The quantitative estimate of drug-likeness (QED) is 0.199. The topological polar surface area (TPSA) is 75.6 Å². The Kier molecular flexibility index (Phi) is 18.4. The summed E-state index contributed by atoms with van der Waals surface area (Å²) >= 11 is 0. The molecule has 7 nitrogen and oxygen atoms in total. The van der Waals surface area contributed by atoms with Gasteiger partial charge in [-0.1, -0.05) is 18.2 Å². The first-order chi connectivity index (χ1) is 15.8. The summed E-state index contributed by atoms with van der Waals surface area (Å²) in [6, 6.07) is 5.37. The van der Waals surface area contributed by atoms with Crippen molar-refractivity contribution in [2.45, 2.75) is 32.3 Å². The van der Waals surface area contributed by atoms with Crippen LogP contribution < -0.4 is 9.47 Å². The first-order valence-electron chi connectivity index (χ1n) is 11.3. The van der Waals surface area contributed by atoms with Crippen molar-refractivity contribution in [1.82, 2.24) is 0 Å². The molecule has 0 fully saturated rings. The van der Waals surface area contributed by atoms with Crippen LogP contribution in [0.1, 0.15) is 31.2 Å². The van der Waals surface area contributed by atoms with E-state index in [4.69, 9.17) is 28.4 Å². The van der Waals surface area contributed by atoms with Gasteiger partial charge in [-0.2, -0.15) is 0 Å². The van der Waals surface area contributed by atoms with Gasteiger partial charge in [0.1, 0.15) is 13.2 Å². The van der Waals surface area contributed by atoms with Crippen molar-refractivity contribution in [3.05, 3.63) is 49.1 Å². The number of aliphatic hydroxyl groups excluding tert-OH is 1. The van der Waals surface area contributed by atoms with Crippen LogP contribution in [0.15, 0.2) is 43.5 Å². The molecular weight excluding hydrogens is 412 g/mol. The second-order valence-corrected chi connectivity index (χ2v) is 6.95. The van der Waals surface area contributed by atoms with Crippen molar-refractivity contribution in [2.24, 2.45) is 0 Å². The van der Waals surface area contributed by atoms with Crippen LogP contribution >= 0.6 is 0 Å². The minimum absolute atomic E-state index is 0.0633. The number of hydrogen-bond donors (Lipinski definition) is 1. The summed E-state index contributed by atoms with van der Waals surface area (Å²) in [5, 5.41) is 9.39. The number of unbranched alkanes of at least 4 members (excludes halogenated alkanes) is 2. The molecule has 0 amide bonds. The Bertz CT molecular complexity index is 592. The van der Waals surface area contributed by atoms with Gasteiger partial charge in [-0.15, -0.1) is 13.2 Å². The molecule has 0 aliphatic rings. The highest BCUT2D eigenvalue weighted by atomic mass is 16.6. The second kappa shape index (κ2) is 21.0. The van der Waals surface area contributed by atoms with E-state index < -0.39 is 0 Å². The Morgan fingerprint density at radius 2 is 1.09 bits per heavy atom. The molecule has 0 aliphatic heterocycles. The number of aliphatic hydroxyl groups is 1. The average molecular weight is 453 g/mol. The van der Waals surface area contributed by atoms with Crippen molar-refractivity contribution in [3.8, 4) is 11.5 Å². The van der Waals surface area contributed by atoms with Gasteiger partial charge in [-0.25, -0.2) is 0 Å². The Labute approximate surface area is 192 Å². The SMILES string of the molecule is C=CCCCOCCOCCOc1ccc(CO)cc1OCCOCCOCCCC=C. The molecule has 1 N–H and O–H groups in total. The van der Waals surface area contributed by atoms with Crippen molar-refractivity contribution < 1.29 is 33.5 Å². The zero-order valence-corrected chi connectivity index (χ0v) is 19.3. The summed E-state index contributed by atoms with van der Waals surface area (Å²) in [7, 11) is 0. The van der Waals surface area contributed by atoms with Gasteiger partial charge in [-0.05, 0) is 43.4 Å². The molecule has 7 heteroatoms. The van der Waals surface area contributed by atoms with Gasteiger partial charge < -0.3 is 33.5 Å². The third-order valence-electron chi connectivity index (χ3n) is 4.30. The van der Waals surface area contributed by atoms with E-state index in [1.54, 1.807) is 18.2 Å². The number of ether oxygens (including phenoxy) is 6. The van der Waals surface area contributed by atoms with E-state index in [-0.39, 0.29) is 6.61 Å². The molecule has 0 unspecified atom stereocenters. The molecule has 182 valence electrons. The Morgan fingerprint density at radius 1 is 0.625 bits per heavy atom. The first kappa shape index (κ1) is 28.1. The first-order valence-corrected chi connectivity index (χ1v) is 11.3. The highest BCUT2D eigenvalue weighted by Gasteiger charge is 2.07. The number of rotatable bonds is 23. The van der Waals surface area contributed by atoms with Gasteiger partial charge in [0.2, 0.25) is 0 Å². The highest BCUT2D eigenvalue weighted by Crippen LogP contribution is 2.28. The van der Waals surface area contributed by atoms with Crippen molar-refractivity contribution >= 4 is 0 Å². The van der Waals surface area contributed by atoms with Crippen LogP contribution in [0.4, 0.5) is 0 Å². The molecule has 0 saturated carbocycles. The summed E-state index contributed by atoms with van der Waals surface area (Å²) in [6.07, 6.45) is 7.66. The summed E-state index contributed by atoms with van der Waals surface area (Å²) in [5.74, 6) is 1.18. The molecule has 0 heterocycles. The number of benzene rings is 1. The number of allylic oxidation sites excluding steroid dienone is 2. The van der Waals surface area contributed by atoms with Gasteiger partial charge in [0.05, 0.1) is 46.2 Å². The summed E-state index contributed by atoms with van der Waals surface area (Å²) in [5.41, 5.74) is 0.756. The summed E-state index contributed by atoms with van der Waals surface area (Å²) in [4.78, 5) is 0. The molecule has 1 aromatic carbocycles. The van der Waals surface area contributed by atoms with E-state index in [9.17, 15) is 5.11 Å². The lowest BCUT2D eigenvalue weighted by Gasteiger charge is -2.14. The zero-order chi connectivity index (χ0) is 23.1. The summed E-state index contributed by atoms with van der Waals surface area (Å²) in [6.45, 7) is 12.6. The molecule has 0 spiro atoms. The van der Waals surface area contributed by atoms with E-state index in [1.807, 2.05) is 12.2 Å². The molecule has 1 rings (SSSR count). The maximum absolute atomic E-state index is 9.39. The van der Waals surface area contributed by atoms with Crippen molar-refractivity contribution in [2.75, 3.05) is 66.1 Å². The van der Waals surface area contributed by atoms with Crippen LogP contribution in [0.3, 0.4) is 0 Å². The second-order valence-electron chi connectivity index (χ2n) is 6.95. The lowest BCUT2D eigenvalue weighted by Crippen LogP contribution is -2.13. The fourth-order valence-electron chi connectivity index (χ4n) is 2.61. The predicted octanol–water partition coefficient (Wildman–Crippen LogP) is 3.94. The van der Waals surface area contributed by atoms with Crippen LogP contribution in [0, 0.1) is 0 Å². The molecule has 0 bridgehead atoms. The third kappa shape index (κ3) is 15.0. The van der Waals surface area contributed by atoms with Gasteiger partial charge in [0, 0.05) is 13.2 Å². The molecular formula is C25H40O7. The molecule has 0 saturated heterocycles. The standard InChI is InChI=1S/C25H40O7/c1-3-5-7-11-27-13-15-29-17-19-31-24-10-9-23(22-26)21-25(24)32-20-18-30-16-14-28-12-8-6-4-2/h3-4,9-10,21,26H,1-2,5-8,11-20,22H2. The van der Waals surface area contributed by atoms with Gasteiger partial charge in [-0.3, -0.25) is 0 Å². The Morgan fingerprint density at radius 3 is 1.59 bits per heavy atom. The largest absolute Gasteiger partial charge is 0.487 e. The van der Waals surface area contributed by atoms with Crippen molar-refractivity contribution in [1.29, 1.82) is 0 Å². The van der Waals surface area contributed by atoms with Crippen LogP contribution in [0.2, 0.25) is 0 Å². The van der Waals surface area contributed by atoms with Gasteiger partial charge in [0.25, 0.3) is 0 Å². The predicted molar refractivity (Wildman–Crippen MR) is 125 cm³/mol. The Hall–Kier alpha value is -1.90. The fraction of sp³-hybridized carbons (Fsp3) is 0.600. The Balaban J connectivity index is 2.19. The van der Waals surface area contributed by atoms with Crippen LogP contribution in [-0.2, 0) is 25.6 Å². The minimum Gasteiger partial charge on any atom is -0.487 e. The van der Waals surface area contributed by atoms with E-state index in [2.05, 4.69) is 13.2 Å². The lowest BCUT2D eigenvalue weighted by molar-refractivity contribution is 0.0326. The minimum atomic E-state index is -0.0633. The molecule has 0 aliphatic carbocycles. The van der Waals surface area contributed by atoms with Crippen molar-refractivity contribution in [3.63, 3.8) is 0 Å². The van der Waals surface area contributed by atoms with Gasteiger partial charge in [0.15, 0.2) is 11.5 Å². The molecule has 0 aromatic heterocycles. The third-order valence-corrected chi connectivity index (χ3v) is 4.30. The smallest absolute Gasteiger partial charge is 0.161 e. The summed E-state index contributed by atoms with van der Waals surface area (Å²) < 4.78 is 33.6. The monoisotopic (exact) mass is 452 g/mol. The van der Waals surface area contributed by atoms with E-state index in [0.717, 1.165) is 37.9 Å². The normalized spacial score (nSPS) is 10.8. The lowest BCUT2D eigenvalue weighted by atomic mass is 10.2. The molecule has 1 aromatic rings. The number of hydrogen-bond acceptors (Lipinski definition) is 7. The van der Waals surface area contributed by atoms with Crippen LogP contribution in [0.5, 0.6) is 11.5 Å². The zero-order valence-electron chi connectivity index (χ0n) is 19.3. The average Bonchev–Trinajstić information content (AvgIpc) is 2.82. The van der Waals surface area contributed by atoms with Crippen LogP contribution in [-0.4, -0.2) is 71.2 Å². The maximum Gasteiger partial charge on any atom is 0.161 e.